The molecule has 1 N–H and O–H groups in total. The zero-order chi connectivity index (χ0) is 17.1. The molecule has 1 saturated heterocycles. The number of esters is 1. The summed E-state index contributed by atoms with van der Waals surface area (Å²) in [5, 5.41) is 2.61. The Hall–Kier alpha value is -2.37. The highest BCUT2D eigenvalue weighted by Gasteiger charge is 2.49. The fraction of sp³-hybridized carbons (Fsp3) is 0.500. The molecule has 3 rings (SSSR count). The molecule has 6 nitrogen and oxygen atoms in total. The number of methoxy groups -OCH3 is 1. The summed E-state index contributed by atoms with van der Waals surface area (Å²) in [5.41, 5.74) is 0.560. The molecule has 128 valence electrons. The molecule has 2 aliphatic rings. The van der Waals surface area contributed by atoms with Gasteiger partial charge >= 0.3 is 17.8 Å². The molecule has 0 radical (unpaired) electrons. The van der Waals surface area contributed by atoms with Gasteiger partial charge in [0, 0.05) is 11.7 Å². The summed E-state index contributed by atoms with van der Waals surface area (Å²) in [6.07, 6.45) is 4.53. The molecule has 2 fully saturated rings. The lowest BCUT2D eigenvalue weighted by atomic mass is 9.85. The van der Waals surface area contributed by atoms with Gasteiger partial charge in [0.1, 0.15) is 6.04 Å². The smallest absolute Gasteiger partial charge is 0.328 e. The predicted molar refractivity (Wildman–Crippen MR) is 88.1 cm³/mol. The van der Waals surface area contributed by atoms with E-state index in [2.05, 4.69) is 5.32 Å². The van der Waals surface area contributed by atoms with Gasteiger partial charge in [-0.1, -0.05) is 31.0 Å². The van der Waals surface area contributed by atoms with Crippen molar-refractivity contribution >= 4 is 23.5 Å². The first kappa shape index (κ1) is 16.5. The highest BCUT2D eigenvalue weighted by atomic mass is 16.5. The number of carbonyl (C=O) groups excluding carboxylic acids is 3. The maximum Gasteiger partial charge on any atom is 0.328 e. The molecule has 6 heteroatoms. The number of carbonyl (C=O) groups is 3. The summed E-state index contributed by atoms with van der Waals surface area (Å²) in [6.45, 7) is 0. The zero-order valence-electron chi connectivity index (χ0n) is 13.7. The van der Waals surface area contributed by atoms with Gasteiger partial charge < -0.3 is 15.0 Å². The van der Waals surface area contributed by atoms with Crippen molar-refractivity contribution in [2.45, 2.75) is 44.2 Å². The molecule has 0 aromatic heterocycles. The van der Waals surface area contributed by atoms with Gasteiger partial charge in [-0.3, -0.25) is 9.59 Å². The number of hydrogen-bond acceptors (Lipinski definition) is 4. The molecule has 24 heavy (non-hydrogen) atoms. The standard InChI is InChI=1S/C18H22N2O4/c1-24-18(23)15-11-12-7-5-6-10-14(12)20(15)17(22)16(21)19-13-8-3-2-4-9-13/h2-4,8-9,12,14-15H,5-7,10-11H2,1H3,(H,19,21)/t12-,14+,15+/m1/s1. The number of rotatable bonds is 2. The van der Waals surface area contributed by atoms with E-state index in [-0.39, 0.29) is 12.0 Å². The first-order valence-corrected chi connectivity index (χ1v) is 8.38. The first-order valence-electron chi connectivity index (χ1n) is 8.38. The summed E-state index contributed by atoms with van der Waals surface area (Å²) >= 11 is 0. The summed E-state index contributed by atoms with van der Waals surface area (Å²) < 4.78 is 4.85. The van der Waals surface area contributed by atoms with Crippen LogP contribution in [0.25, 0.3) is 0 Å². The monoisotopic (exact) mass is 330 g/mol. The lowest BCUT2D eigenvalue weighted by molar-refractivity contribution is -0.154. The molecule has 3 atom stereocenters. The molecule has 0 unspecified atom stereocenters. The minimum absolute atomic E-state index is 0.0446. The predicted octanol–water partition coefficient (Wildman–Crippen LogP) is 1.96. The number of hydrogen-bond donors (Lipinski definition) is 1. The fourth-order valence-corrected chi connectivity index (χ4v) is 3.92. The lowest BCUT2D eigenvalue weighted by Crippen LogP contribution is -2.50. The van der Waals surface area contributed by atoms with E-state index in [9.17, 15) is 14.4 Å². The Bertz CT molecular complexity index is 631. The number of benzene rings is 1. The number of nitrogens with zero attached hydrogens (tertiary/aromatic N) is 1. The molecule has 1 aromatic carbocycles. The van der Waals surface area contributed by atoms with E-state index in [0.29, 0.717) is 12.1 Å². The third-order valence-corrected chi connectivity index (χ3v) is 5.02. The zero-order valence-corrected chi connectivity index (χ0v) is 13.7. The van der Waals surface area contributed by atoms with Crippen LogP contribution in [0, 0.1) is 5.92 Å². The highest BCUT2D eigenvalue weighted by Crippen LogP contribution is 2.40. The third kappa shape index (κ3) is 3.13. The SMILES string of the molecule is COC(=O)[C@@H]1C[C@H]2CCCC[C@@H]2N1C(=O)C(=O)Nc1ccccc1. The van der Waals surface area contributed by atoms with E-state index in [4.69, 9.17) is 4.74 Å². The van der Waals surface area contributed by atoms with Crippen LogP contribution in [0.5, 0.6) is 0 Å². The van der Waals surface area contributed by atoms with Crippen molar-refractivity contribution in [1.82, 2.24) is 4.90 Å². The number of amides is 2. The van der Waals surface area contributed by atoms with Crippen molar-refractivity contribution in [3.8, 4) is 0 Å². The van der Waals surface area contributed by atoms with Gasteiger partial charge in [-0.05, 0) is 37.3 Å². The van der Waals surface area contributed by atoms with Gasteiger partial charge in [0.15, 0.2) is 0 Å². The summed E-state index contributed by atoms with van der Waals surface area (Å²) in [6, 6.07) is 8.13. The van der Waals surface area contributed by atoms with Crippen molar-refractivity contribution < 1.29 is 19.1 Å². The van der Waals surface area contributed by atoms with Gasteiger partial charge in [0.25, 0.3) is 0 Å². The second-order valence-corrected chi connectivity index (χ2v) is 6.42. The number of ether oxygens (including phenoxy) is 1. The molecule has 1 aliphatic heterocycles. The Morgan fingerprint density at radius 1 is 1.12 bits per heavy atom. The van der Waals surface area contributed by atoms with Gasteiger partial charge in [-0.15, -0.1) is 0 Å². The first-order chi connectivity index (χ1) is 11.6. The van der Waals surface area contributed by atoms with Crippen molar-refractivity contribution in [3.63, 3.8) is 0 Å². The van der Waals surface area contributed by atoms with Crippen molar-refractivity contribution in [1.29, 1.82) is 0 Å². The second-order valence-electron chi connectivity index (χ2n) is 6.42. The van der Waals surface area contributed by atoms with Crippen LogP contribution in [-0.4, -0.2) is 41.9 Å². The maximum atomic E-state index is 12.7. The minimum atomic E-state index is -0.707. The van der Waals surface area contributed by atoms with Crippen LogP contribution in [0.1, 0.15) is 32.1 Å². The van der Waals surface area contributed by atoms with E-state index >= 15 is 0 Å². The lowest BCUT2D eigenvalue weighted by Gasteiger charge is -2.32. The van der Waals surface area contributed by atoms with Gasteiger partial charge in [-0.2, -0.15) is 0 Å². The van der Waals surface area contributed by atoms with E-state index < -0.39 is 23.8 Å². The normalized spacial score (nSPS) is 25.7. The Balaban J connectivity index is 1.79. The maximum absolute atomic E-state index is 12.7. The van der Waals surface area contributed by atoms with Crippen molar-refractivity contribution in [2.75, 3.05) is 12.4 Å². The number of likely N-dealkylation sites (tertiary alicyclic amines) is 1. The summed E-state index contributed by atoms with van der Waals surface area (Å²) in [7, 11) is 1.32. The van der Waals surface area contributed by atoms with Crippen LogP contribution in [0.4, 0.5) is 5.69 Å². The van der Waals surface area contributed by atoms with E-state index in [1.165, 1.54) is 12.0 Å². The minimum Gasteiger partial charge on any atom is -0.467 e. The molecule has 0 spiro atoms. The van der Waals surface area contributed by atoms with Crippen LogP contribution < -0.4 is 5.32 Å². The average molecular weight is 330 g/mol. The number of nitrogens with one attached hydrogen (secondary N) is 1. The Morgan fingerprint density at radius 2 is 1.83 bits per heavy atom. The van der Waals surface area contributed by atoms with Gasteiger partial charge in [-0.25, -0.2) is 4.79 Å². The van der Waals surface area contributed by atoms with Crippen LogP contribution in [0.15, 0.2) is 30.3 Å². The van der Waals surface area contributed by atoms with Crippen LogP contribution in [-0.2, 0) is 19.1 Å². The Kier molecular flexibility index (Phi) is 4.83. The van der Waals surface area contributed by atoms with Crippen LogP contribution in [0.3, 0.4) is 0 Å². The van der Waals surface area contributed by atoms with Crippen LogP contribution in [0.2, 0.25) is 0 Å². The number of fused-ring (bicyclic) bond motifs is 1. The Labute approximate surface area is 141 Å². The summed E-state index contributed by atoms with van der Waals surface area (Å²) in [4.78, 5) is 38.7. The third-order valence-electron chi connectivity index (χ3n) is 5.02. The largest absolute Gasteiger partial charge is 0.467 e. The van der Waals surface area contributed by atoms with Gasteiger partial charge in [0.05, 0.1) is 7.11 Å². The van der Waals surface area contributed by atoms with Gasteiger partial charge in [0.2, 0.25) is 0 Å². The molecule has 1 aromatic rings. The molecule has 1 aliphatic carbocycles. The van der Waals surface area contributed by atoms with Crippen molar-refractivity contribution in [3.05, 3.63) is 30.3 Å². The van der Waals surface area contributed by atoms with E-state index in [1.807, 2.05) is 6.07 Å². The fourth-order valence-electron chi connectivity index (χ4n) is 3.92. The average Bonchev–Trinajstić information content (AvgIpc) is 3.00. The number of para-hydroxylation sites is 1. The number of anilines is 1. The molecule has 1 saturated carbocycles. The van der Waals surface area contributed by atoms with Crippen LogP contribution >= 0.6 is 0 Å². The van der Waals surface area contributed by atoms with E-state index in [0.717, 1.165) is 25.7 Å². The second kappa shape index (κ2) is 7.03. The molecule has 1 heterocycles. The topological polar surface area (TPSA) is 75.7 Å². The molecule has 2 amide bonds. The highest BCUT2D eigenvalue weighted by molar-refractivity contribution is 6.40. The summed E-state index contributed by atoms with van der Waals surface area (Å²) in [5.74, 6) is -1.52. The Morgan fingerprint density at radius 3 is 2.54 bits per heavy atom. The molecule has 0 bridgehead atoms. The molecular formula is C18H22N2O4. The van der Waals surface area contributed by atoms with E-state index in [1.54, 1.807) is 24.3 Å². The molecular weight excluding hydrogens is 308 g/mol. The van der Waals surface area contributed by atoms with Crippen molar-refractivity contribution in [2.24, 2.45) is 5.92 Å². The quantitative estimate of drug-likeness (QED) is 0.664.